The molecule has 2 aliphatic heterocycles. The van der Waals surface area contributed by atoms with Crippen molar-refractivity contribution in [1.29, 1.82) is 0 Å². The fraction of sp³-hybridized carbons (Fsp3) is 0.647. The minimum Gasteiger partial charge on any atom is -0.493 e. The second kappa shape index (κ2) is 5.97. The van der Waals surface area contributed by atoms with Crippen molar-refractivity contribution in [2.45, 2.75) is 31.9 Å². The van der Waals surface area contributed by atoms with E-state index in [4.69, 9.17) is 14.2 Å². The molecule has 1 unspecified atom stereocenters. The quantitative estimate of drug-likeness (QED) is 0.927. The Labute approximate surface area is 132 Å². The molecule has 0 radical (unpaired) electrons. The first-order valence-corrected chi connectivity index (χ1v) is 7.94. The summed E-state index contributed by atoms with van der Waals surface area (Å²) in [7, 11) is 3.33. The molecule has 1 N–H and O–H groups in total. The zero-order valence-electron chi connectivity index (χ0n) is 13.9. The molecule has 1 fully saturated rings. The van der Waals surface area contributed by atoms with E-state index in [1.807, 2.05) is 6.07 Å². The van der Waals surface area contributed by atoms with Gasteiger partial charge in [0.25, 0.3) is 0 Å². The smallest absolute Gasteiger partial charge is 0.203 e. The number of benzene rings is 1. The molecule has 2 aliphatic rings. The molecule has 22 heavy (non-hydrogen) atoms. The molecule has 0 bridgehead atoms. The SMILES string of the molecule is COc1ccc2c(c1OC)OC(C)(C)CC2N1CCNCC1. The van der Waals surface area contributed by atoms with Gasteiger partial charge in [0, 0.05) is 44.2 Å². The van der Waals surface area contributed by atoms with E-state index in [0.29, 0.717) is 11.8 Å². The third-order valence-corrected chi connectivity index (χ3v) is 4.55. The van der Waals surface area contributed by atoms with Gasteiger partial charge in [-0.15, -0.1) is 0 Å². The third-order valence-electron chi connectivity index (χ3n) is 4.55. The van der Waals surface area contributed by atoms with Crippen molar-refractivity contribution in [3.05, 3.63) is 17.7 Å². The molecule has 0 spiro atoms. The van der Waals surface area contributed by atoms with Crippen molar-refractivity contribution < 1.29 is 14.2 Å². The highest BCUT2D eigenvalue weighted by molar-refractivity contribution is 5.58. The molecule has 122 valence electrons. The van der Waals surface area contributed by atoms with E-state index in [1.54, 1.807) is 14.2 Å². The number of piperazine rings is 1. The van der Waals surface area contributed by atoms with Crippen molar-refractivity contribution in [1.82, 2.24) is 10.2 Å². The molecule has 3 rings (SSSR count). The van der Waals surface area contributed by atoms with Crippen LogP contribution in [0.5, 0.6) is 17.2 Å². The molecule has 0 aromatic heterocycles. The largest absolute Gasteiger partial charge is 0.493 e. The fourth-order valence-electron chi connectivity index (χ4n) is 3.49. The van der Waals surface area contributed by atoms with Crippen molar-refractivity contribution in [2.24, 2.45) is 0 Å². The summed E-state index contributed by atoms with van der Waals surface area (Å²) in [5.74, 6) is 2.26. The molecule has 5 heteroatoms. The van der Waals surface area contributed by atoms with Crippen LogP contribution < -0.4 is 19.5 Å². The molecule has 1 aromatic rings. The van der Waals surface area contributed by atoms with E-state index in [0.717, 1.165) is 44.1 Å². The summed E-state index contributed by atoms with van der Waals surface area (Å²) in [6.07, 6.45) is 0.982. The Balaban J connectivity index is 2.04. The van der Waals surface area contributed by atoms with Crippen LogP contribution in [0.3, 0.4) is 0 Å². The molecule has 5 nitrogen and oxygen atoms in total. The van der Waals surface area contributed by atoms with Crippen molar-refractivity contribution >= 4 is 0 Å². The molecule has 0 aliphatic carbocycles. The molecular formula is C17H26N2O3. The van der Waals surface area contributed by atoms with Gasteiger partial charge >= 0.3 is 0 Å². The first kappa shape index (κ1) is 15.4. The maximum atomic E-state index is 6.26. The summed E-state index contributed by atoms with van der Waals surface area (Å²) < 4.78 is 17.3. The number of methoxy groups -OCH3 is 2. The van der Waals surface area contributed by atoms with Gasteiger partial charge in [-0.05, 0) is 26.0 Å². The Morgan fingerprint density at radius 2 is 1.91 bits per heavy atom. The number of fused-ring (bicyclic) bond motifs is 1. The van der Waals surface area contributed by atoms with Gasteiger partial charge in [0.05, 0.1) is 14.2 Å². The average molecular weight is 306 g/mol. The Morgan fingerprint density at radius 3 is 2.55 bits per heavy atom. The predicted molar refractivity (Wildman–Crippen MR) is 86.1 cm³/mol. The van der Waals surface area contributed by atoms with Crippen LogP contribution in [0.4, 0.5) is 0 Å². The van der Waals surface area contributed by atoms with Crippen molar-refractivity contribution in [3.8, 4) is 17.2 Å². The lowest BCUT2D eigenvalue weighted by Crippen LogP contribution is -2.48. The molecule has 1 saturated heterocycles. The van der Waals surface area contributed by atoms with Gasteiger partial charge in [0.1, 0.15) is 5.60 Å². The number of hydrogen-bond acceptors (Lipinski definition) is 5. The Kier molecular flexibility index (Phi) is 4.19. The van der Waals surface area contributed by atoms with Gasteiger partial charge in [0.15, 0.2) is 11.5 Å². The highest BCUT2D eigenvalue weighted by Crippen LogP contribution is 2.50. The van der Waals surface area contributed by atoms with Crippen LogP contribution in [0.1, 0.15) is 31.9 Å². The molecular weight excluding hydrogens is 280 g/mol. The molecule has 0 saturated carbocycles. The Bertz CT molecular complexity index is 539. The first-order valence-electron chi connectivity index (χ1n) is 7.94. The first-order chi connectivity index (χ1) is 10.6. The van der Waals surface area contributed by atoms with E-state index in [-0.39, 0.29) is 5.60 Å². The summed E-state index contributed by atoms with van der Waals surface area (Å²) in [6.45, 7) is 8.50. The van der Waals surface area contributed by atoms with Crippen LogP contribution in [0.2, 0.25) is 0 Å². The average Bonchev–Trinajstić information content (AvgIpc) is 2.53. The number of rotatable bonds is 3. The molecule has 2 heterocycles. The van der Waals surface area contributed by atoms with Crippen LogP contribution in [0, 0.1) is 0 Å². The number of ether oxygens (including phenoxy) is 3. The number of nitrogens with zero attached hydrogens (tertiary/aromatic N) is 1. The van der Waals surface area contributed by atoms with Crippen LogP contribution >= 0.6 is 0 Å². The molecule has 1 atom stereocenters. The van der Waals surface area contributed by atoms with Gasteiger partial charge < -0.3 is 19.5 Å². The van der Waals surface area contributed by atoms with E-state index in [9.17, 15) is 0 Å². The monoisotopic (exact) mass is 306 g/mol. The van der Waals surface area contributed by atoms with Crippen LogP contribution in [-0.4, -0.2) is 50.9 Å². The normalized spacial score (nSPS) is 24.3. The zero-order valence-corrected chi connectivity index (χ0v) is 13.9. The van der Waals surface area contributed by atoms with Crippen molar-refractivity contribution in [3.63, 3.8) is 0 Å². The lowest BCUT2D eigenvalue weighted by atomic mass is 9.88. The molecule has 1 aromatic carbocycles. The summed E-state index contributed by atoms with van der Waals surface area (Å²) in [6, 6.07) is 4.47. The summed E-state index contributed by atoms with van der Waals surface area (Å²) in [4.78, 5) is 2.55. The van der Waals surface area contributed by atoms with Crippen molar-refractivity contribution in [2.75, 3.05) is 40.4 Å². The highest BCUT2D eigenvalue weighted by Gasteiger charge is 2.39. The minimum atomic E-state index is -0.220. The summed E-state index contributed by atoms with van der Waals surface area (Å²) >= 11 is 0. The maximum absolute atomic E-state index is 6.26. The van der Waals surface area contributed by atoms with Gasteiger partial charge in [-0.2, -0.15) is 0 Å². The number of nitrogens with one attached hydrogen (secondary N) is 1. The lowest BCUT2D eigenvalue weighted by molar-refractivity contribution is 0.0231. The number of hydrogen-bond donors (Lipinski definition) is 1. The second-order valence-electron chi connectivity index (χ2n) is 6.59. The lowest BCUT2D eigenvalue weighted by Gasteiger charge is -2.44. The van der Waals surface area contributed by atoms with E-state index < -0.39 is 0 Å². The van der Waals surface area contributed by atoms with Crippen LogP contribution in [-0.2, 0) is 0 Å². The van der Waals surface area contributed by atoms with Crippen LogP contribution in [0.25, 0.3) is 0 Å². The minimum absolute atomic E-state index is 0.220. The maximum Gasteiger partial charge on any atom is 0.203 e. The Morgan fingerprint density at radius 1 is 1.18 bits per heavy atom. The fourth-order valence-corrected chi connectivity index (χ4v) is 3.49. The predicted octanol–water partition coefficient (Wildman–Crippen LogP) is 2.21. The van der Waals surface area contributed by atoms with Gasteiger partial charge in [0.2, 0.25) is 5.75 Å². The topological polar surface area (TPSA) is 43.0 Å². The Hall–Kier alpha value is -1.46. The highest BCUT2D eigenvalue weighted by atomic mass is 16.5. The summed E-state index contributed by atoms with van der Waals surface area (Å²) in [5, 5.41) is 3.42. The van der Waals surface area contributed by atoms with Gasteiger partial charge in [-0.3, -0.25) is 4.90 Å². The second-order valence-corrected chi connectivity index (χ2v) is 6.59. The van der Waals surface area contributed by atoms with E-state index >= 15 is 0 Å². The zero-order chi connectivity index (χ0) is 15.7. The standard InChI is InChI=1S/C17H26N2O3/c1-17(2)11-13(19-9-7-18-8-10-19)12-5-6-14(20-3)16(21-4)15(12)22-17/h5-6,13,18H,7-11H2,1-4H3. The van der Waals surface area contributed by atoms with E-state index in [1.165, 1.54) is 5.56 Å². The summed E-state index contributed by atoms with van der Waals surface area (Å²) in [5.41, 5.74) is 0.987. The van der Waals surface area contributed by atoms with Gasteiger partial charge in [-0.1, -0.05) is 0 Å². The van der Waals surface area contributed by atoms with Crippen LogP contribution in [0.15, 0.2) is 12.1 Å². The van der Waals surface area contributed by atoms with E-state index in [2.05, 4.69) is 30.1 Å². The van der Waals surface area contributed by atoms with Gasteiger partial charge in [-0.25, -0.2) is 0 Å². The third kappa shape index (κ3) is 2.75. The molecule has 0 amide bonds.